The van der Waals surface area contributed by atoms with Gasteiger partial charge in [-0.3, -0.25) is 9.59 Å². The van der Waals surface area contributed by atoms with Crippen LogP contribution < -0.4 is 9.46 Å². The van der Waals surface area contributed by atoms with E-state index in [2.05, 4.69) is 4.72 Å². The van der Waals surface area contributed by atoms with Gasteiger partial charge in [-0.05, 0) is 49.6 Å². The van der Waals surface area contributed by atoms with Crippen molar-refractivity contribution in [3.63, 3.8) is 0 Å². The number of nitrogens with one attached hydrogen (secondary N) is 1. The Labute approximate surface area is 199 Å². The smallest absolute Gasteiger partial charge is 0.244 e. The van der Waals surface area contributed by atoms with Gasteiger partial charge in [0.2, 0.25) is 21.8 Å². The number of ether oxygens (including phenoxy) is 1. The van der Waals surface area contributed by atoms with E-state index in [0.717, 1.165) is 23.4 Å². The number of rotatable bonds is 8. The molecule has 0 saturated carbocycles. The Morgan fingerprint density at radius 1 is 1.03 bits per heavy atom. The minimum absolute atomic E-state index is 0.0124. The summed E-state index contributed by atoms with van der Waals surface area (Å²) in [5.74, 6) is -0.517. The third-order valence-corrected chi connectivity index (χ3v) is 7.35. The lowest BCUT2D eigenvalue weighted by Crippen LogP contribution is -2.48. The van der Waals surface area contributed by atoms with Crippen molar-refractivity contribution in [1.29, 1.82) is 0 Å². The van der Waals surface area contributed by atoms with E-state index in [9.17, 15) is 22.4 Å². The topological polar surface area (TPSA) is 96.0 Å². The molecule has 0 aliphatic carbocycles. The summed E-state index contributed by atoms with van der Waals surface area (Å²) in [7, 11) is -2.59. The third kappa shape index (κ3) is 6.54. The van der Waals surface area contributed by atoms with Gasteiger partial charge in [0.1, 0.15) is 16.5 Å². The summed E-state index contributed by atoms with van der Waals surface area (Å²) in [6, 6.07) is 11.5. The Balaban J connectivity index is 1.52. The predicted molar refractivity (Wildman–Crippen MR) is 125 cm³/mol. The molecular weight excluding hydrogens is 461 g/mol. The van der Waals surface area contributed by atoms with Gasteiger partial charge in [-0.25, -0.2) is 12.8 Å². The van der Waals surface area contributed by atoms with Gasteiger partial charge in [0.25, 0.3) is 0 Å². The maximum Gasteiger partial charge on any atom is 0.244 e. The van der Waals surface area contributed by atoms with E-state index < -0.39 is 32.7 Å². The first-order chi connectivity index (χ1) is 16.2. The van der Waals surface area contributed by atoms with Gasteiger partial charge in [-0.2, -0.15) is 4.72 Å². The summed E-state index contributed by atoms with van der Waals surface area (Å²) < 4.78 is 46.3. The van der Waals surface area contributed by atoms with Crippen LogP contribution in [0.1, 0.15) is 25.3 Å². The van der Waals surface area contributed by atoms with E-state index in [1.54, 1.807) is 16.9 Å². The first-order valence-corrected chi connectivity index (χ1v) is 12.7. The van der Waals surface area contributed by atoms with E-state index in [1.165, 1.54) is 19.1 Å². The van der Waals surface area contributed by atoms with Crippen LogP contribution in [0.5, 0.6) is 5.75 Å². The minimum Gasteiger partial charge on any atom is -0.497 e. The molecule has 10 heteroatoms. The molecule has 1 fully saturated rings. The third-order valence-electron chi connectivity index (χ3n) is 5.78. The second-order valence-electron chi connectivity index (χ2n) is 8.18. The number of methoxy groups -OCH3 is 1. The van der Waals surface area contributed by atoms with Crippen molar-refractivity contribution in [3.8, 4) is 5.75 Å². The van der Waals surface area contributed by atoms with Crippen LogP contribution >= 0.6 is 0 Å². The maximum absolute atomic E-state index is 13.9. The molecule has 1 saturated heterocycles. The van der Waals surface area contributed by atoms with Crippen LogP contribution in [0.15, 0.2) is 53.4 Å². The Kier molecular flexibility index (Phi) is 8.62. The highest BCUT2D eigenvalue weighted by Crippen LogP contribution is 2.16. The van der Waals surface area contributed by atoms with Crippen LogP contribution in [-0.2, 0) is 26.0 Å². The molecule has 1 aliphatic rings. The summed E-state index contributed by atoms with van der Waals surface area (Å²) in [5.41, 5.74) is 1.04. The van der Waals surface area contributed by atoms with Gasteiger partial charge in [-0.1, -0.05) is 24.3 Å². The van der Waals surface area contributed by atoms with Crippen LogP contribution in [-0.4, -0.2) is 69.4 Å². The van der Waals surface area contributed by atoms with Crippen molar-refractivity contribution in [1.82, 2.24) is 14.5 Å². The molecule has 184 valence electrons. The van der Waals surface area contributed by atoms with Crippen molar-refractivity contribution in [2.75, 3.05) is 33.3 Å². The zero-order chi connectivity index (χ0) is 24.7. The lowest BCUT2D eigenvalue weighted by atomic mass is 10.1. The molecule has 0 radical (unpaired) electrons. The number of carbonyl (C=O) groups excluding carboxylic acids is 2. The van der Waals surface area contributed by atoms with Gasteiger partial charge in [0.15, 0.2) is 0 Å². The van der Waals surface area contributed by atoms with Gasteiger partial charge in [0.05, 0.1) is 13.2 Å². The van der Waals surface area contributed by atoms with Crippen molar-refractivity contribution < 1.29 is 27.1 Å². The lowest BCUT2D eigenvalue weighted by molar-refractivity contribution is -0.134. The molecule has 0 spiro atoms. The lowest BCUT2D eigenvalue weighted by Gasteiger charge is -2.25. The van der Waals surface area contributed by atoms with Crippen molar-refractivity contribution >= 4 is 21.8 Å². The molecule has 2 aromatic carbocycles. The number of nitrogens with zero attached hydrogens (tertiary/aromatic N) is 2. The molecule has 1 atom stereocenters. The Hall–Kier alpha value is -2.98. The zero-order valence-electron chi connectivity index (χ0n) is 19.4. The average Bonchev–Trinajstić information content (AvgIpc) is 3.08. The largest absolute Gasteiger partial charge is 0.497 e. The number of benzene rings is 2. The number of amides is 2. The molecule has 1 aliphatic heterocycles. The number of aryl methyl sites for hydroxylation is 1. The summed E-state index contributed by atoms with van der Waals surface area (Å²) in [5, 5.41) is 0. The van der Waals surface area contributed by atoms with E-state index in [-0.39, 0.29) is 5.91 Å². The van der Waals surface area contributed by atoms with Crippen LogP contribution in [0, 0.1) is 5.82 Å². The average molecular weight is 492 g/mol. The maximum atomic E-state index is 13.9. The first-order valence-electron chi connectivity index (χ1n) is 11.2. The number of hydrogen-bond donors (Lipinski definition) is 1. The highest BCUT2D eigenvalue weighted by molar-refractivity contribution is 7.89. The fraction of sp³-hybridized carbons (Fsp3) is 0.417. The molecule has 8 nitrogen and oxygen atoms in total. The Morgan fingerprint density at radius 3 is 2.35 bits per heavy atom. The van der Waals surface area contributed by atoms with Crippen molar-refractivity contribution in [2.24, 2.45) is 0 Å². The highest BCUT2D eigenvalue weighted by atomic mass is 32.2. The van der Waals surface area contributed by atoms with Gasteiger partial charge >= 0.3 is 0 Å². The summed E-state index contributed by atoms with van der Waals surface area (Å²) in [4.78, 5) is 28.4. The molecular formula is C24H30FN3O5S. The second kappa shape index (κ2) is 11.4. The van der Waals surface area contributed by atoms with Gasteiger partial charge in [0, 0.05) is 32.6 Å². The Bertz CT molecular complexity index is 1110. The molecule has 0 unspecified atom stereocenters. The number of sulfonamides is 1. The minimum atomic E-state index is -4.19. The predicted octanol–water partition coefficient (Wildman–Crippen LogP) is 2.19. The molecule has 1 N–H and O–H groups in total. The zero-order valence-corrected chi connectivity index (χ0v) is 20.2. The molecule has 1 heterocycles. The summed E-state index contributed by atoms with van der Waals surface area (Å²) in [6.07, 6.45) is 1.56. The number of carbonyl (C=O) groups is 2. The van der Waals surface area contributed by atoms with Crippen LogP contribution in [0.25, 0.3) is 0 Å². The van der Waals surface area contributed by atoms with E-state index in [4.69, 9.17) is 4.74 Å². The summed E-state index contributed by atoms with van der Waals surface area (Å²) in [6.45, 7) is 3.05. The van der Waals surface area contributed by atoms with Crippen LogP contribution in [0.4, 0.5) is 4.39 Å². The van der Waals surface area contributed by atoms with Crippen molar-refractivity contribution in [3.05, 3.63) is 59.9 Å². The number of hydrogen-bond acceptors (Lipinski definition) is 5. The second-order valence-corrected chi connectivity index (χ2v) is 9.86. The van der Waals surface area contributed by atoms with Crippen molar-refractivity contribution in [2.45, 2.75) is 37.1 Å². The molecule has 0 aromatic heterocycles. The number of halogens is 1. The van der Waals surface area contributed by atoms with E-state index in [0.29, 0.717) is 45.4 Å². The molecule has 2 amide bonds. The molecule has 0 bridgehead atoms. The monoisotopic (exact) mass is 491 g/mol. The molecule has 2 aromatic rings. The van der Waals surface area contributed by atoms with E-state index in [1.807, 2.05) is 24.3 Å². The standard InChI is InChI=1S/C24H30FN3O5S/c1-18(26-34(31,32)22-7-4-3-6-21(22)25)24(30)28-15-5-14-27(16-17-28)23(29)13-10-19-8-11-20(33-2)12-9-19/h3-4,6-9,11-12,18,26H,5,10,13-17H2,1-2H3/t18-/m0/s1. The van der Waals surface area contributed by atoms with Crippen LogP contribution in [0.2, 0.25) is 0 Å². The van der Waals surface area contributed by atoms with Crippen LogP contribution in [0.3, 0.4) is 0 Å². The van der Waals surface area contributed by atoms with Gasteiger partial charge in [-0.15, -0.1) is 0 Å². The van der Waals surface area contributed by atoms with E-state index >= 15 is 0 Å². The fourth-order valence-electron chi connectivity index (χ4n) is 3.87. The molecule has 34 heavy (non-hydrogen) atoms. The quantitative estimate of drug-likeness (QED) is 0.611. The summed E-state index contributed by atoms with van der Waals surface area (Å²) >= 11 is 0. The SMILES string of the molecule is COc1ccc(CCC(=O)N2CCCN(C(=O)[C@H](C)NS(=O)(=O)c3ccccc3F)CC2)cc1. The van der Waals surface area contributed by atoms with Gasteiger partial charge < -0.3 is 14.5 Å². The fourth-order valence-corrected chi connectivity index (χ4v) is 5.15. The normalized spacial score (nSPS) is 15.5. The Morgan fingerprint density at radius 2 is 1.68 bits per heavy atom. The molecule has 3 rings (SSSR count). The highest BCUT2D eigenvalue weighted by Gasteiger charge is 2.29. The first kappa shape index (κ1) is 25.6.